The van der Waals surface area contributed by atoms with Crippen molar-refractivity contribution in [2.24, 2.45) is 11.8 Å². The lowest BCUT2D eigenvalue weighted by Crippen LogP contribution is -2.33. The molecule has 1 saturated carbocycles. The number of hydrogen-bond donors (Lipinski definition) is 0. The molecule has 0 radical (unpaired) electrons. The number of carbonyl (C=O) groups is 1. The average Bonchev–Trinajstić information content (AvgIpc) is 3.16. The minimum Gasteiger partial charge on any atom is -0.460 e. The molecule has 0 N–H and O–H groups in total. The molecule has 1 aromatic carbocycles. The third-order valence-corrected chi connectivity index (χ3v) is 6.87. The summed E-state index contributed by atoms with van der Waals surface area (Å²) in [6.07, 6.45) is 5.62. The Balaban J connectivity index is 1.89. The number of benzene rings is 1. The van der Waals surface area contributed by atoms with Crippen LogP contribution < -0.4 is 0 Å². The summed E-state index contributed by atoms with van der Waals surface area (Å²) in [4.78, 5) is 13.0. The van der Waals surface area contributed by atoms with Gasteiger partial charge in [0.1, 0.15) is 6.10 Å². The second-order valence-electron chi connectivity index (χ2n) is 8.13. The maximum atomic E-state index is 13.0. The van der Waals surface area contributed by atoms with Gasteiger partial charge in [0.05, 0.1) is 0 Å². The van der Waals surface area contributed by atoms with Crippen LogP contribution in [0.5, 0.6) is 0 Å². The van der Waals surface area contributed by atoms with Crippen LogP contribution >= 0.6 is 0 Å². The molecular weight excluding hydrogens is 360 g/mol. The van der Waals surface area contributed by atoms with Gasteiger partial charge >= 0.3 is 5.97 Å². The predicted molar refractivity (Wildman–Crippen MR) is 118 cm³/mol. The Bertz CT molecular complexity index is 774. The van der Waals surface area contributed by atoms with Gasteiger partial charge in [-0.1, -0.05) is 69.2 Å². The Morgan fingerprint density at radius 2 is 1.55 bits per heavy atom. The summed E-state index contributed by atoms with van der Waals surface area (Å²) in [5.74, 6) is 0.592. The van der Waals surface area contributed by atoms with Crippen LogP contribution in [0, 0.1) is 11.8 Å². The van der Waals surface area contributed by atoms with Gasteiger partial charge < -0.3 is 9.47 Å². The first-order chi connectivity index (χ1) is 14.1. The van der Waals surface area contributed by atoms with Crippen LogP contribution in [0.25, 0.3) is 0 Å². The average molecular weight is 397 g/mol. The lowest BCUT2D eigenvalue weighted by molar-refractivity contribution is -0.162. The van der Waals surface area contributed by atoms with Gasteiger partial charge in [0.2, 0.25) is 0 Å². The molecule has 2 aliphatic rings. The van der Waals surface area contributed by atoms with Crippen molar-refractivity contribution in [2.75, 3.05) is 7.11 Å². The Morgan fingerprint density at radius 1 is 0.931 bits per heavy atom. The third kappa shape index (κ3) is 4.07. The van der Waals surface area contributed by atoms with E-state index in [2.05, 4.69) is 27.7 Å². The molecule has 3 heteroatoms. The molecule has 29 heavy (non-hydrogen) atoms. The lowest BCUT2D eigenvalue weighted by Gasteiger charge is -2.37. The summed E-state index contributed by atoms with van der Waals surface area (Å²) in [6.45, 7) is 9.08. The van der Waals surface area contributed by atoms with Crippen molar-refractivity contribution < 1.29 is 14.3 Å². The van der Waals surface area contributed by atoms with Gasteiger partial charge in [0, 0.05) is 13.0 Å². The summed E-state index contributed by atoms with van der Waals surface area (Å²) in [5, 5.41) is 0. The topological polar surface area (TPSA) is 35.5 Å². The van der Waals surface area contributed by atoms with E-state index in [1.54, 1.807) is 18.3 Å². The van der Waals surface area contributed by atoms with Gasteiger partial charge in [0.25, 0.3) is 0 Å². The van der Waals surface area contributed by atoms with Gasteiger partial charge in [0.15, 0.2) is 6.10 Å². The van der Waals surface area contributed by atoms with E-state index in [-0.39, 0.29) is 12.1 Å². The first-order valence-electron chi connectivity index (χ1n) is 11.3. The van der Waals surface area contributed by atoms with Crippen LogP contribution in [0.4, 0.5) is 0 Å². The van der Waals surface area contributed by atoms with E-state index in [1.165, 1.54) is 11.1 Å². The fourth-order valence-corrected chi connectivity index (χ4v) is 5.78. The number of fused-ring (bicyclic) bond motifs is 1. The monoisotopic (exact) mass is 396 g/mol. The summed E-state index contributed by atoms with van der Waals surface area (Å²) >= 11 is 0. The summed E-state index contributed by atoms with van der Waals surface area (Å²) in [6, 6.07) is 9.64. The molecule has 3 nitrogen and oxygen atoms in total. The largest absolute Gasteiger partial charge is 0.460 e. The molecule has 0 aromatic heterocycles. The minimum atomic E-state index is -0.661. The zero-order chi connectivity index (χ0) is 21.0. The quantitative estimate of drug-likeness (QED) is 0.467. The lowest BCUT2D eigenvalue weighted by atomic mass is 9.69. The molecule has 0 heterocycles. The van der Waals surface area contributed by atoms with Crippen molar-refractivity contribution in [3.63, 3.8) is 0 Å². The van der Waals surface area contributed by atoms with E-state index in [0.717, 1.165) is 44.1 Å². The number of allylic oxidation sites excluding steroid dienone is 3. The maximum Gasteiger partial charge on any atom is 0.340 e. The van der Waals surface area contributed by atoms with Crippen molar-refractivity contribution >= 4 is 5.97 Å². The van der Waals surface area contributed by atoms with Crippen molar-refractivity contribution in [3.8, 4) is 0 Å². The van der Waals surface area contributed by atoms with E-state index in [1.807, 2.05) is 30.3 Å². The minimum absolute atomic E-state index is 0.0506. The molecule has 4 atom stereocenters. The predicted octanol–water partition coefficient (Wildman–Crippen LogP) is 6.56. The van der Waals surface area contributed by atoms with Crippen LogP contribution in [-0.4, -0.2) is 19.2 Å². The number of methoxy groups -OCH3 is 1. The smallest absolute Gasteiger partial charge is 0.340 e. The van der Waals surface area contributed by atoms with Gasteiger partial charge in [-0.15, -0.1) is 0 Å². The van der Waals surface area contributed by atoms with Gasteiger partial charge in [-0.3, -0.25) is 0 Å². The fourth-order valence-electron chi connectivity index (χ4n) is 5.78. The highest BCUT2D eigenvalue weighted by Gasteiger charge is 2.45. The highest BCUT2D eigenvalue weighted by Crippen LogP contribution is 2.52. The number of esters is 1. The molecule has 158 valence electrons. The van der Waals surface area contributed by atoms with Gasteiger partial charge in [-0.2, -0.15) is 0 Å². The zero-order valence-corrected chi connectivity index (χ0v) is 18.7. The Hall–Kier alpha value is -1.87. The molecule has 0 aliphatic heterocycles. The number of ether oxygens (including phenoxy) is 2. The van der Waals surface area contributed by atoms with Crippen LogP contribution in [0.3, 0.4) is 0 Å². The summed E-state index contributed by atoms with van der Waals surface area (Å²) < 4.78 is 11.7. The van der Waals surface area contributed by atoms with Crippen molar-refractivity contribution in [1.82, 2.24) is 0 Å². The molecule has 1 aromatic rings. The standard InChI is InChI=1S/C26H36O3/c1-6-18-19(7-2)21(9-4)24-22(20(18)8-3)15-16-23(24)29-26(27)25(28-5)17-13-11-10-12-14-17/h10-14,22-25H,6-9,15-16H2,1-5H3/t22-,23+,24+,25+/m1/s1. The highest BCUT2D eigenvalue weighted by atomic mass is 16.6. The van der Waals surface area contributed by atoms with Crippen LogP contribution in [0.15, 0.2) is 52.6 Å². The number of rotatable bonds is 8. The molecule has 0 bridgehead atoms. The Kier molecular flexibility index (Phi) is 7.34. The van der Waals surface area contributed by atoms with E-state index < -0.39 is 6.10 Å². The van der Waals surface area contributed by atoms with Crippen LogP contribution in [0.1, 0.15) is 77.9 Å². The van der Waals surface area contributed by atoms with Crippen molar-refractivity contribution in [1.29, 1.82) is 0 Å². The molecule has 0 unspecified atom stereocenters. The molecule has 3 rings (SSSR count). The first kappa shape index (κ1) is 21.8. The van der Waals surface area contributed by atoms with Crippen molar-refractivity contribution in [2.45, 2.75) is 78.4 Å². The Morgan fingerprint density at radius 3 is 2.10 bits per heavy atom. The molecule has 1 fully saturated rings. The zero-order valence-electron chi connectivity index (χ0n) is 18.7. The van der Waals surface area contributed by atoms with E-state index in [9.17, 15) is 4.79 Å². The fraction of sp³-hybridized carbons (Fsp3) is 0.577. The summed E-state index contributed by atoms with van der Waals surface area (Å²) in [7, 11) is 1.58. The second-order valence-corrected chi connectivity index (χ2v) is 8.13. The normalized spacial score (nSPS) is 25.2. The van der Waals surface area contributed by atoms with Crippen LogP contribution in [-0.2, 0) is 14.3 Å². The van der Waals surface area contributed by atoms with Crippen molar-refractivity contribution in [3.05, 3.63) is 58.2 Å². The van der Waals surface area contributed by atoms with Crippen LogP contribution in [0.2, 0.25) is 0 Å². The molecule has 0 amide bonds. The second kappa shape index (κ2) is 9.75. The summed E-state index contributed by atoms with van der Waals surface area (Å²) in [5.41, 5.74) is 7.09. The third-order valence-electron chi connectivity index (χ3n) is 6.87. The van der Waals surface area contributed by atoms with Gasteiger partial charge in [-0.05, 0) is 61.2 Å². The number of carbonyl (C=O) groups excluding carboxylic acids is 1. The molecule has 0 spiro atoms. The Labute approximate surface area is 176 Å². The highest BCUT2D eigenvalue weighted by molar-refractivity contribution is 5.76. The van der Waals surface area contributed by atoms with E-state index >= 15 is 0 Å². The van der Waals surface area contributed by atoms with E-state index in [4.69, 9.17) is 9.47 Å². The first-order valence-corrected chi connectivity index (χ1v) is 11.3. The molecule has 2 aliphatic carbocycles. The molecular formula is C26H36O3. The van der Waals surface area contributed by atoms with E-state index in [0.29, 0.717) is 11.8 Å². The maximum absolute atomic E-state index is 13.0. The number of hydrogen-bond acceptors (Lipinski definition) is 3. The molecule has 0 saturated heterocycles. The van der Waals surface area contributed by atoms with Gasteiger partial charge in [-0.25, -0.2) is 4.79 Å². The SMILES string of the molecule is CCC1=C(CC)[C@@H]2[C@@H](OC(=O)[C@@H](OC)c3ccccc3)CC[C@@H]2C(CC)=C1CC.